The number of hydrogen-bond donors (Lipinski definition) is 0. The van der Waals surface area contributed by atoms with Crippen molar-refractivity contribution in [2.24, 2.45) is 0 Å². The average Bonchev–Trinajstić information content (AvgIpc) is 2.84. The van der Waals surface area contributed by atoms with Gasteiger partial charge in [-0.2, -0.15) is 0 Å². The Kier molecular flexibility index (Phi) is 8.39. The smallest absolute Gasteiger partial charge is 0.184 e. The van der Waals surface area contributed by atoms with E-state index in [4.69, 9.17) is 18.9 Å². The summed E-state index contributed by atoms with van der Waals surface area (Å²) in [4.78, 5) is 0. The summed E-state index contributed by atoms with van der Waals surface area (Å²) in [5, 5.41) is 0. The molecule has 0 radical (unpaired) electrons. The number of rotatable bonds is 10. The summed E-state index contributed by atoms with van der Waals surface area (Å²) in [6.45, 7) is 3.62. The molecular weight excluding hydrogens is 388 g/mol. The van der Waals surface area contributed by atoms with Gasteiger partial charge in [0, 0.05) is 5.56 Å². The standard InChI is InChI=1S/C27H36O4/c1-2-3-4-5-6-10-19-28-23-15-13-21(14-16-23)24-17-18-25-26(30-24)20-29-27(31-25)22-11-8-7-9-12-22/h7-9,11-16,24-27H,2-6,10,17-20H2,1H3/t24-,25+,26-,27-/m1/s1. The monoisotopic (exact) mass is 424 g/mol. The molecule has 0 aromatic heterocycles. The first-order valence-corrected chi connectivity index (χ1v) is 12.0. The molecule has 168 valence electrons. The van der Waals surface area contributed by atoms with Gasteiger partial charge < -0.3 is 18.9 Å². The molecule has 4 rings (SSSR count). The molecule has 0 saturated carbocycles. The number of fused-ring (bicyclic) bond motifs is 1. The van der Waals surface area contributed by atoms with Crippen LogP contribution in [0.15, 0.2) is 54.6 Å². The fourth-order valence-corrected chi connectivity index (χ4v) is 4.43. The molecule has 31 heavy (non-hydrogen) atoms. The summed E-state index contributed by atoms with van der Waals surface area (Å²) >= 11 is 0. The Morgan fingerprint density at radius 2 is 1.55 bits per heavy atom. The zero-order chi connectivity index (χ0) is 21.3. The molecule has 2 heterocycles. The van der Waals surface area contributed by atoms with E-state index in [1.165, 1.54) is 37.7 Å². The van der Waals surface area contributed by atoms with Gasteiger partial charge in [-0.1, -0.05) is 81.5 Å². The average molecular weight is 425 g/mol. The van der Waals surface area contributed by atoms with E-state index in [-0.39, 0.29) is 24.6 Å². The van der Waals surface area contributed by atoms with Crippen LogP contribution in [0.3, 0.4) is 0 Å². The van der Waals surface area contributed by atoms with Gasteiger partial charge in [0.05, 0.1) is 25.4 Å². The van der Waals surface area contributed by atoms with Gasteiger partial charge in [0.2, 0.25) is 0 Å². The Hall–Kier alpha value is -1.88. The van der Waals surface area contributed by atoms with Crippen LogP contribution in [0.2, 0.25) is 0 Å². The van der Waals surface area contributed by atoms with Crippen molar-refractivity contribution in [3.63, 3.8) is 0 Å². The van der Waals surface area contributed by atoms with Crippen molar-refractivity contribution in [1.82, 2.24) is 0 Å². The first-order valence-electron chi connectivity index (χ1n) is 12.0. The lowest BCUT2D eigenvalue weighted by atomic mass is 9.95. The van der Waals surface area contributed by atoms with Crippen LogP contribution >= 0.6 is 0 Å². The third kappa shape index (κ3) is 6.31. The molecule has 4 nitrogen and oxygen atoms in total. The van der Waals surface area contributed by atoms with Crippen molar-refractivity contribution >= 4 is 0 Å². The summed E-state index contributed by atoms with van der Waals surface area (Å²) in [5.74, 6) is 0.945. The SMILES string of the molecule is CCCCCCCCOc1ccc([C@H]2CC[C@@H]3O[C@H](c4ccccc4)OC[C@H]3O2)cc1. The van der Waals surface area contributed by atoms with E-state index in [0.29, 0.717) is 6.61 Å². The van der Waals surface area contributed by atoms with Gasteiger partial charge in [0.25, 0.3) is 0 Å². The molecule has 2 aromatic rings. The normalized spacial score (nSPS) is 25.7. The highest BCUT2D eigenvalue weighted by molar-refractivity contribution is 5.29. The Bertz CT molecular complexity index is 761. The molecule has 4 atom stereocenters. The summed E-state index contributed by atoms with van der Waals surface area (Å²) in [7, 11) is 0. The molecule has 2 saturated heterocycles. The second kappa shape index (κ2) is 11.7. The third-order valence-corrected chi connectivity index (χ3v) is 6.27. The Morgan fingerprint density at radius 3 is 2.35 bits per heavy atom. The van der Waals surface area contributed by atoms with Crippen LogP contribution in [0.25, 0.3) is 0 Å². The van der Waals surface area contributed by atoms with Crippen molar-refractivity contribution in [3.8, 4) is 5.75 Å². The molecule has 0 unspecified atom stereocenters. The lowest BCUT2D eigenvalue weighted by Gasteiger charge is -2.42. The van der Waals surface area contributed by atoms with Gasteiger partial charge in [-0.25, -0.2) is 0 Å². The molecule has 2 aromatic carbocycles. The van der Waals surface area contributed by atoms with Crippen LogP contribution in [0.4, 0.5) is 0 Å². The molecule has 0 bridgehead atoms. The summed E-state index contributed by atoms with van der Waals surface area (Å²) in [6, 6.07) is 18.6. The van der Waals surface area contributed by atoms with Crippen molar-refractivity contribution in [3.05, 3.63) is 65.7 Å². The Labute approximate surface area is 186 Å². The van der Waals surface area contributed by atoms with E-state index < -0.39 is 0 Å². The summed E-state index contributed by atoms with van der Waals surface area (Å²) < 4.78 is 24.4. The van der Waals surface area contributed by atoms with Crippen LogP contribution in [0, 0.1) is 0 Å². The molecule has 0 spiro atoms. The first-order chi connectivity index (χ1) is 15.3. The van der Waals surface area contributed by atoms with Gasteiger partial charge in [0.15, 0.2) is 6.29 Å². The maximum absolute atomic E-state index is 6.35. The predicted octanol–water partition coefficient (Wildman–Crippen LogP) is 6.76. The van der Waals surface area contributed by atoms with E-state index in [2.05, 4.69) is 31.2 Å². The fourth-order valence-electron chi connectivity index (χ4n) is 4.43. The van der Waals surface area contributed by atoms with Crippen molar-refractivity contribution in [2.75, 3.05) is 13.2 Å². The second-order valence-electron chi connectivity index (χ2n) is 8.68. The Morgan fingerprint density at radius 1 is 0.774 bits per heavy atom. The Balaban J connectivity index is 1.21. The maximum Gasteiger partial charge on any atom is 0.184 e. The van der Waals surface area contributed by atoms with Crippen molar-refractivity contribution < 1.29 is 18.9 Å². The van der Waals surface area contributed by atoms with E-state index in [1.54, 1.807) is 0 Å². The van der Waals surface area contributed by atoms with Gasteiger partial charge in [-0.3, -0.25) is 0 Å². The number of hydrogen-bond acceptors (Lipinski definition) is 4. The molecule has 2 fully saturated rings. The van der Waals surface area contributed by atoms with E-state index in [1.807, 2.05) is 30.3 Å². The minimum atomic E-state index is -0.286. The lowest BCUT2D eigenvalue weighted by molar-refractivity contribution is -0.289. The minimum absolute atomic E-state index is 0.0117. The molecular formula is C27H36O4. The van der Waals surface area contributed by atoms with E-state index >= 15 is 0 Å². The molecule has 2 aliphatic heterocycles. The number of unbranched alkanes of at least 4 members (excludes halogenated alkanes) is 5. The number of ether oxygens (including phenoxy) is 4. The van der Waals surface area contributed by atoms with Crippen LogP contribution in [-0.4, -0.2) is 25.4 Å². The first kappa shape index (κ1) is 22.3. The van der Waals surface area contributed by atoms with E-state index in [0.717, 1.165) is 37.2 Å². The molecule has 0 aliphatic carbocycles. The second-order valence-corrected chi connectivity index (χ2v) is 8.68. The van der Waals surface area contributed by atoms with Gasteiger partial charge in [-0.15, -0.1) is 0 Å². The lowest BCUT2D eigenvalue weighted by Crippen LogP contribution is -2.45. The molecule has 2 aliphatic rings. The minimum Gasteiger partial charge on any atom is -0.494 e. The predicted molar refractivity (Wildman–Crippen MR) is 122 cm³/mol. The largest absolute Gasteiger partial charge is 0.494 e. The molecule has 0 N–H and O–H groups in total. The highest BCUT2D eigenvalue weighted by atomic mass is 16.7. The maximum atomic E-state index is 6.35. The van der Waals surface area contributed by atoms with Gasteiger partial charge >= 0.3 is 0 Å². The highest BCUT2D eigenvalue weighted by Crippen LogP contribution is 2.38. The van der Waals surface area contributed by atoms with Crippen molar-refractivity contribution in [2.45, 2.75) is 82.9 Å². The highest BCUT2D eigenvalue weighted by Gasteiger charge is 2.38. The van der Waals surface area contributed by atoms with Crippen LogP contribution in [0.5, 0.6) is 5.75 Å². The molecule has 4 heteroatoms. The van der Waals surface area contributed by atoms with Gasteiger partial charge in [-0.05, 0) is 37.0 Å². The van der Waals surface area contributed by atoms with Crippen LogP contribution in [-0.2, 0) is 14.2 Å². The zero-order valence-corrected chi connectivity index (χ0v) is 18.7. The zero-order valence-electron chi connectivity index (χ0n) is 18.7. The summed E-state index contributed by atoms with van der Waals surface area (Å²) in [6.07, 6.45) is 9.52. The quantitative estimate of drug-likeness (QED) is 0.395. The van der Waals surface area contributed by atoms with E-state index in [9.17, 15) is 0 Å². The summed E-state index contributed by atoms with van der Waals surface area (Å²) in [5.41, 5.74) is 2.27. The molecule has 0 amide bonds. The van der Waals surface area contributed by atoms with Crippen LogP contribution in [0.1, 0.15) is 81.8 Å². The van der Waals surface area contributed by atoms with Gasteiger partial charge in [0.1, 0.15) is 11.9 Å². The third-order valence-electron chi connectivity index (χ3n) is 6.27. The fraction of sp³-hybridized carbons (Fsp3) is 0.556. The topological polar surface area (TPSA) is 36.9 Å². The van der Waals surface area contributed by atoms with Crippen molar-refractivity contribution in [1.29, 1.82) is 0 Å². The number of benzene rings is 2. The van der Waals surface area contributed by atoms with Crippen LogP contribution < -0.4 is 4.74 Å².